The van der Waals surface area contributed by atoms with E-state index in [1.807, 2.05) is 0 Å². The minimum absolute atomic E-state index is 0.0137. The Hall–Kier alpha value is -2.94. The lowest BCUT2D eigenvalue weighted by molar-refractivity contribution is -0.144. The number of hydrogen-bond acceptors (Lipinski definition) is 8. The standard InChI is InChI=1S/C22H27N3O7S/c1-30-18-6-4-17(14-19(18)33(28,29)25-10-12-31-13-11-25)5-7-21(27)32-15-20(26)24-22(16-23)8-2-3-9-22/h4-7,14H,2-3,8-13,15H2,1H3,(H,24,26)/b7-5+. The topological polar surface area (TPSA) is 135 Å². The molecule has 2 fully saturated rings. The van der Waals surface area contributed by atoms with Gasteiger partial charge in [0.1, 0.15) is 16.2 Å². The molecule has 1 heterocycles. The predicted octanol–water partition coefficient (Wildman–Crippen LogP) is 1.23. The van der Waals surface area contributed by atoms with Gasteiger partial charge in [-0.15, -0.1) is 0 Å². The smallest absolute Gasteiger partial charge is 0.331 e. The Labute approximate surface area is 193 Å². The normalized spacial score (nSPS) is 18.5. The molecule has 0 atom stereocenters. The number of carbonyl (C=O) groups excluding carboxylic acids is 2. The number of methoxy groups -OCH3 is 1. The van der Waals surface area contributed by atoms with Crippen LogP contribution in [0.5, 0.6) is 5.75 Å². The van der Waals surface area contributed by atoms with E-state index in [2.05, 4.69) is 11.4 Å². The summed E-state index contributed by atoms with van der Waals surface area (Å²) in [5, 5.41) is 12.0. The van der Waals surface area contributed by atoms with E-state index in [1.165, 1.54) is 29.6 Å². The van der Waals surface area contributed by atoms with Crippen molar-refractivity contribution in [3.63, 3.8) is 0 Å². The molecule has 33 heavy (non-hydrogen) atoms. The average Bonchev–Trinajstić information content (AvgIpc) is 3.30. The van der Waals surface area contributed by atoms with Crippen LogP contribution in [-0.4, -0.2) is 70.2 Å². The average molecular weight is 478 g/mol. The Morgan fingerprint density at radius 1 is 1.27 bits per heavy atom. The first kappa shape index (κ1) is 24.7. The summed E-state index contributed by atoms with van der Waals surface area (Å²) in [6.45, 7) is 0.609. The van der Waals surface area contributed by atoms with Gasteiger partial charge in [0.15, 0.2) is 6.61 Å². The second kappa shape index (κ2) is 10.8. The summed E-state index contributed by atoms with van der Waals surface area (Å²) in [6.07, 6.45) is 5.39. The molecule has 11 heteroatoms. The Morgan fingerprint density at radius 2 is 1.97 bits per heavy atom. The monoisotopic (exact) mass is 477 g/mol. The van der Waals surface area contributed by atoms with E-state index in [1.54, 1.807) is 6.07 Å². The second-order valence-electron chi connectivity index (χ2n) is 7.82. The van der Waals surface area contributed by atoms with E-state index < -0.39 is 34.0 Å². The molecular formula is C22H27N3O7S. The molecule has 0 radical (unpaired) electrons. The summed E-state index contributed by atoms with van der Waals surface area (Å²) in [5.74, 6) is -1.12. The summed E-state index contributed by atoms with van der Waals surface area (Å²) >= 11 is 0. The van der Waals surface area contributed by atoms with Crippen LogP contribution < -0.4 is 10.1 Å². The molecule has 1 aliphatic heterocycles. The van der Waals surface area contributed by atoms with Crippen LogP contribution in [0.4, 0.5) is 0 Å². The largest absolute Gasteiger partial charge is 0.495 e. The zero-order valence-corrected chi connectivity index (χ0v) is 19.2. The number of ether oxygens (including phenoxy) is 3. The first-order chi connectivity index (χ1) is 15.8. The first-order valence-electron chi connectivity index (χ1n) is 10.6. The molecule has 1 amide bonds. The van der Waals surface area contributed by atoms with E-state index in [4.69, 9.17) is 14.2 Å². The molecule has 10 nitrogen and oxygen atoms in total. The van der Waals surface area contributed by atoms with Gasteiger partial charge in [0.2, 0.25) is 10.0 Å². The van der Waals surface area contributed by atoms with Gasteiger partial charge in [-0.25, -0.2) is 13.2 Å². The van der Waals surface area contributed by atoms with Gasteiger partial charge >= 0.3 is 5.97 Å². The summed E-state index contributed by atoms with van der Waals surface area (Å²) in [7, 11) is -2.43. The zero-order valence-electron chi connectivity index (χ0n) is 18.4. The maximum absolute atomic E-state index is 13.0. The molecule has 0 aromatic heterocycles. The van der Waals surface area contributed by atoms with Crippen LogP contribution >= 0.6 is 0 Å². The zero-order chi connectivity index (χ0) is 23.9. The van der Waals surface area contributed by atoms with E-state index in [-0.39, 0.29) is 23.7 Å². The van der Waals surface area contributed by atoms with Crippen LogP contribution in [0.2, 0.25) is 0 Å². The van der Waals surface area contributed by atoms with Crippen LogP contribution in [0.3, 0.4) is 0 Å². The number of amides is 1. The quantitative estimate of drug-likeness (QED) is 0.436. The van der Waals surface area contributed by atoms with Crippen LogP contribution in [0.25, 0.3) is 6.08 Å². The summed E-state index contributed by atoms with van der Waals surface area (Å²) < 4.78 is 42.8. The molecular weight excluding hydrogens is 450 g/mol. The number of morpholine rings is 1. The molecule has 0 bridgehead atoms. The van der Waals surface area contributed by atoms with Crippen molar-refractivity contribution in [1.82, 2.24) is 9.62 Å². The minimum Gasteiger partial charge on any atom is -0.495 e. The van der Waals surface area contributed by atoms with Gasteiger partial charge in [-0.1, -0.05) is 6.07 Å². The van der Waals surface area contributed by atoms with E-state index in [0.29, 0.717) is 31.6 Å². The Bertz CT molecular complexity index is 1050. The number of benzene rings is 1. The van der Waals surface area contributed by atoms with Gasteiger partial charge in [0, 0.05) is 19.2 Å². The maximum atomic E-state index is 13.0. The van der Waals surface area contributed by atoms with Crippen LogP contribution in [0, 0.1) is 11.3 Å². The van der Waals surface area contributed by atoms with Crippen molar-refractivity contribution in [2.24, 2.45) is 0 Å². The Kier molecular flexibility index (Phi) is 8.07. The summed E-state index contributed by atoms with van der Waals surface area (Å²) in [5.41, 5.74) is -0.441. The van der Waals surface area contributed by atoms with Gasteiger partial charge in [0.25, 0.3) is 5.91 Å². The number of hydrogen-bond donors (Lipinski definition) is 1. The second-order valence-corrected chi connectivity index (χ2v) is 9.72. The molecule has 1 saturated heterocycles. The number of esters is 1. The molecule has 3 rings (SSSR count). The number of nitriles is 1. The molecule has 0 spiro atoms. The molecule has 0 unspecified atom stereocenters. The van der Waals surface area contributed by atoms with E-state index >= 15 is 0 Å². The Balaban J connectivity index is 1.63. The van der Waals surface area contributed by atoms with Crippen molar-refractivity contribution in [3.8, 4) is 11.8 Å². The lowest BCUT2D eigenvalue weighted by Gasteiger charge is -2.26. The maximum Gasteiger partial charge on any atom is 0.331 e. The van der Waals surface area contributed by atoms with Crippen molar-refractivity contribution in [2.45, 2.75) is 36.1 Å². The number of sulfonamides is 1. The van der Waals surface area contributed by atoms with Crippen molar-refractivity contribution in [2.75, 3.05) is 40.0 Å². The number of rotatable bonds is 8. The highest BCUT2D eigenvalue weighted by atomic mass is 32.2. The van der Waals surface area contributed by atoms with E-state index in [9.17, 15) is 23.3 Å². The third-order valence-corrected chi connectivity index (χ3v) is 7.50. The molecule has 1 aromatic rings. The van der Waals surface area contributed by atoms with Gasteiger partial charge in [-0.3, -0.25) is 4.79 Å². The fraction of sp³-hybridized carbons (Fsp3) is 0.500. The van der Waals surface area contributed by atoms with Crippen LogP contribution in [0.15, 0.2) is 29.2 Å². The fourth-order valence-electron chi connectivity index (χ4n) is 3.82. The van der Waals surface area contributed by atoms with E-state index in [0.717, 1.165) is 18.9 Å². The van der Waals surface area contributed by atoms with Gasteiger partial charge in [-0.2, -0.15) is 9.57 Å². The van der Waals surface area contributed by atoms with Crippen LogP contribution in [-0.2, 0) is 29.1 Å². The highest BCUT2D eigenvalue weighted by Gasteiger charge is 2.35. The third-order valence-electron chi connectivity index (χ3n) is 5.58. The highest BCUT2D eigenvalue weighted by molar-refractivity contribution is 7.89. The van der Waals surface area contributed by atoms with Crippen molar-refractivity contribution in [3.05, 3.63) is 29.8 Å². The molecule has 1 saturated carbocycles. The van der Waals surface area contributed by atoms with Crippen molar-refractivity contribution in [1.29, 1.82) is 5.26 Å². The van der Waals surface area contributed by atoms with Crippen molar-refractivity contribution >= 4 is 28.0 Å². The van der Waals surface area contributed by atoms with Crippen molar-refractivity contribution < 1.29 is 32.2 Å². The summed E-state index contributed by atoms with van der Waals surface area (Å²) in [4.78, 5) is 24.1. The van der Waals surface area contributed by atoms with Gasteiger partial charge in [-0.05, 0) is 49.5 Å². The number of nitrogens with zero attached hydrogens (tertiary/aromatic N) is 2. The first-order valence-corrected chi connectivity index (χ1v) is 12.1. The molecule has 178 valence electrons. The molecule has 1 N–H and O–H groups in total. The molecule has 1 aromatic carbocycles. The predicted molar refractivity (Wildman–Crippen MR) is 118 cm³/mol. The number of nitrogens with one attached hydrogen (secondary N) is 1. The van der Waals surface area contributed by atoms with Gasteiger partial charge < -0.3 is 19.5 Å². The summed E-state index contributed by atoms with van der Waals surface area (Å²) in [6, 6.07) is 6.66. The SMILES string of the molecule is COc1ccc(/C=C/C(=O)OCC(=O)NC2(C#N)CCCC2)cc1S(=O)(=O)N1CCOCC1. The number of carbonyl (C=O) groups is 2. The molecule has 1 aliphatic carbocycles. The minimum atomic E-state index is -3.81. The lowest BCUT2D eigenvalue weighted by Crippen LogP contribution is -2.46. The van der Waals surface area contributed by atoms with Gasteiger partial charge in [0.05, 0.1) is 26.4 Å². The Morgan fingerprint density at radius 3 is 2.61 bits per heavy atom. The molecule has 2 aliphatic rings. The third kappa shape index (κ3) is 6.10. The van der Waals surface area contributed by atoms with Crippen LogP contribution in [0.1, 0.15) is 31.2 Å². The highest BCUT2D eigenvalue weighted by Crippen LogP contribution is 2.29. The lowest BCUT2D eigenvalue weighted by atomic mass is 10.00. The fourth-order valence-corrected chi connectivity index (χ4v) is 5.42.